The maximum absolute atomic E-state index is 5.94. The van der Waals surface area contributed by atoms with Gasteiger partial charge in [0.1, 0.15) is 22.6 Å². The molecule has 0 bridgehead atoms. The lowest BCUT2D eigenvalue weighted by Gasteiger charge is -2.21. The number of hydrogen-bond donors (Lipinski definition) is 0. The first-order chi connectivity index (χ1) is 14.6. The van der Waals surface area contributed by atoms with Crippen LogP contribution >= 0.6 is 0 Å². The third-order valence-corrected chi connectivity index (χ3v) is 4.56. The second-order valence-corrected chi connectivity index (χ2v) is 9.63. The third-order valence-electron chi connectivity index (χ3n) is 4.56. The van der Waals surface area contributed by atoms with Gasteiger partial charge >= 0.3 is 0 Å². The van der Waals surface area contributed by atoms with Crippen molar-refractivity contribution in [2.24, 2.45) is 0 Å². The van der Waals surface area contributed by atoms with Crippen LogP contribution in [0.15, 0.2) is 67.1 Å². The summed E-state index contributed by atoms with van der Waals surface area (Å²) in [5.41, 5.74) is 4.60. The summed E-state index contributed by atoms with van der Waals surface area (Å²) in [6.07, 6.45) is 5.84. The molecule has 0 aliphatic carbocycles. The van der Waals surface area contributed by atoms with Crippen LogP contribution in [0.25, 0.3) is 28.0 Å². The Labute approximate surface area is 183 Å². The molecule has 0 atom stereocenters. The van der Waals surface area contributed by atoms with Gasteiger partial charge in [-0.15, -0.1) is 0 Å². The van der Waals surface area contributed by atoms with Crippen molar-refractivity contribution in [3.05, 3.63) is 67.1 Å². The van der Waals surface area contributed by atoms with Gasteiger partial charge in [0.15, 0.2) is 0 Å². The number of hydrogen-bond acceptors (Lipinski definition) is 4. The van der Waals surface area contributed by atoms with Gasteiger partial charge in [0.25, 0.3) is 0 Å². The second-order valence-electron chi connectivity index (χ2n) is 9.63. The first kappa shape index (κ1) is 20.9. The van der Waals surface area contributed by atoms with Crippen molar-refractivity contribution in [1.82, 2.24) is 14.4 Å². The smallest absolute Gasteiger partial charge is 0.213 e. The molecule has 0 N–H and O–H groups in total. The Balaban J connectivity index is 1.64. The fourth-order valence-corrected chi connectivity index (χ4v) is 3.34. The van der Waals surface area contributed by atoms with E-state index in [4.69, 9.17) is 9.47 Å². The van der Waals surface area contributed by atoms with Crippen LogP contribution in [-0.4, -0.2) is 25.6 Å². The molecule has 0 unspecified atom stereocenters. The van der Waals surface area contributed by atoms with E-state index in [1.54, 1.807) is 0 Å². The molecule has 0 spiro atoms. The second kappa shape index (κ2) is 7.73. The van der Waals surface area contributed by atoms with Crippen molar-refractivity contribution in [2.75, 3.05) is 0 Å². The quantitative estimate of drug-likeness (QED) is 0.386. The number of benzene rings is 1. The predicted octanol–water partition coefficient (Wildman–Crippen LogP) is 6.42. The highest BCUT2D eigenvalue weighted by Gasteiger charge is 2.14. The minimum Gasteiger partial charge on any atom is -0.488 e. The summed E-state index contributed by atoms with van der Waals surface area (Å²) in [5, 5.41) is 0. The summed E-state index contributed by atoms with van der Waals surface area (Å²) in [7, 11) is 0. The predicted molar refractivity (Wildman–Crippen MR) is 125 cm³/mol. The minimum atomic E-state index is -0.271. The van der Waals surface area contributed by atoms with Gasteiger partial charge < -0.3 is 9.47 Å². The van der Waals surface area contributed by atoms with E-state index < -0.39 is 0 Å². The molecule has 0 aliphatic rings. The van der Waals surface area contributed by atoms with Crippen molar-refractivity contribution in [2.45, 2.75) is 52.7 Å². The summed E-state index contributed by atoms with van der Waals surface area (Å²) >= 11 is 0. The van der Waals surface area contributed by atoms with E-state index in [1.165, 1.54) is 0 Å². The Morgan fingerprint density at radius 2 is 1.29 bits per heavy atom. The molecule has 0 radical (unpaired) electrons. The van der Waals surface area contributed by atoms with Crippen molar-refractivity contribution in [3.63, 3.8) is 0 Å². The summed E-state index contributed by atoms with van der Waals surface area (Å²) in [4.78, 5) is 9.03. The topological polar surface area (TPSA) is 48.7 Å². The zero-order valence-electron chi connectivity index (χ0n) is 19.0. The van der Waals surface area contributed by atoms with Crippen LogP contribution in [0.1, 0.15) is 41.5 Å². The van der Waals surface area contributed by atoms with Crippen molar-refractivity contribution < 1.29 is 9.47 Å². The molecule has 3 aromatic heterocycles. The van der Waals surface area contributed by atoms with Crippen LogP contribution < -0.4 is 9.47 Å². The molecule has 4 rings (SSSR count). The Bertz CT molecular complexity index is 1180. The van der Waals surface area contributed by atoms with Gasteiger partial charge in [0, 0.05) is 35.2 Å². The molecule has 5 heteroatoms. The van der Waals surface area contributed by atoms with Crippen molar-refractivity contribution >= 4 is 5.65 Å². The number of fused-ring (bicyclic) bond motifs is 1. The number of pyridine rings is 2. The lowest BCUT2D eigenvalue weighted by Crippen LogP contribution is -2.23. The van der Waals surface area contributed by atoms with Crippen LogP contribution in [-0.2, 0) is 0 Å². The number of aromatic nitrogens is 3. The summed E-state index contributed by atoms with van der Waals surface area (Å²) < 4.78 is 13.9. The van der Waals surface area contributed by atoms with Crippen LogP contribution in [0.3, 0.4) is 0 Å². The molecular formula is C26H29N3O2. The third kappa shape index (κ3) is 5.05. The normalized spacial score (nSPS) is 12.2. The number of imidazole rings is 1. The molecule has 0 aliphatic heterocycles. The zero-order chi connectivity index (χ0) is 22.2. The molecular weight excluding hydrogens is 386 g/mol. The molecule has 0 saturated carbocycles. The average molecular weight is 416 g/mol. The molecule has 1 aromatic carbocycles. The highest BCUT2D eigenvalue weighted by molar-refractivity contribution is 5.69. The first-order valence-corrected chi connectivity index (χ1v) is 10.5. The van der Waals surface area contributed by atoms with E-state index in [0.29, 0.717) is 5.88 Å². The van der Waals surface area contributed by atoms with E-state index in [0.717, 1.165) is 33.8 Å². The first-order valence-electron chi connectivity index (χ1n) is 10.5. The van der Waals surface area contributed by atoms with Gasteiger partial charge in [-0.05, 0) is 84.0 Å². The van der Waals surface area contributed by atoms with Gasteiger partial charge in [-0.1, -0.05) is 0 Å². The standard InChI is InChI=1S/C26H29N3O2/c1-25(2,3)30-21-11-7-18(8-12-21)22-16-27-23-13-9-20(17-29(22)23)19-10-14-24(28-15-19)31-26(4,5)6/h7-17H,1-6H3. The highest BCUT2D eigenvalue weighted by Crippen LogP contribution is 2.28. The molecule has 0 saturated heterocycles. The van der Waals surface area contributed by atoms with Crippen molar-refractivity contribution in [1.29, 1.82) is 0 Å². The molecule has 3 heterocycles. The minimum absolute atomic E-state index is 0.221. The van der Waals surface area contributed by atoms with E-state index >= 15 is 0 Å². The van der Waals surface area contributed by atoms with E-state index in [1.807, 2.05) is 84.3 Å². The van der Waals surface area contributed by atoms with Crippen molar-refractivity contribution in [3.8, 4) is 34.0 Å². The fraction of sp³-hybridized carbons (Fsp3) is 0.308. The molecule has 0 fully saturated rings. The molecule has 5 nitrogen and oxygen atoms in total. The monoisotopic (exact) mass is 415 g/mol. The number of ether oxygens (including phenoxy) is 2. The van der Waals surface area contributed by atoms with Crippen LogP contribution in [0.5, 0.6) is 11.6 Å². The van der Waals surface area contributed by atoms with E-state index in [2.05, 4.69) is 38.8 Å². The lowest BCUT2D eigenvalue weighted by atomic mass is 10.1. The van der Waals surface area contributed by atoms with Gasteiger partial charge in [-0.3, -0.25) is 4.40 Å². The summed E-state index contributed by atoms with van der Waals surface area (Å²) in [6, 6.07) is 16.2. The molecule has 160 valence electrons. The summed E-state index contributed by atoms with van der Waals surface area (Å²) in [5.74, 6) is 1.48. The van der Waals surface area contributed by atoms with Gasteiger partial charge in [0.2, 0.25) is 5.88 Å². The van der Waals surface area contributed by atoms with Crippen LogP contribution in [0.4, 0.5) is 0 Å². The number of rotatable bonds is 4. The van der Waals surface area contributed by atoms with E-state index in [9.17, 15) is 0 Å². The number of nitrogens with zero attached hydrogens (tertiary/aromatic N) is 3. The molecule has 31 heavy (non-hydrogen) atoms. The van der Waals surface area contributed by atoms with Gasteiger partial charge in [-0.2, -0.15) is 0 Å². The van der Waals surface area contributed by atoms with E-state index in [-0.39, 0.29) is 11.2 Å². The maximum atomic E-state index is 5.94. The lowest BCUT2D eigenvalue weighted by molar-refractivity contribution is 0.124. The van der Waals surface area contributed by atoms with Gasteiger partial charge in [-0.25, -0.2) is 9.97 Å². The zero-order valence-corrected chi connectivity index (χ0v) is 19.0. The SMILES string of the molecule is CC(C)(C)Oc1ccc(-c2cnc3ccc(-c4ccc(OC(C)(C)C)nc4)cn23)cc1. The average Bonchev–Trinajstić information content (AvgIpc) is 3.10. The Hall–Kier alpha value is -3.34. The Kier molecular flexibility index (Phi) is 5.21. The van der Waals surface area contributed by atoms with Crippen LogP contribution in [0.2, 0.25) is 0 Å². The molecule has 4 aromatic rings. The van der Waals surface area contributed by atoms with Crippen LogP contribution in [0, 0.1) is 0 Å². The van der Waals surface area contributed by atoms with Gasteiger partial charge in [0.05, 0.1) is 11.9 Å². The Morgan fingerprint density at radius 1 is 0.645 bits per heavy atom. The largest absolute Gasteiger partial charge is 0.488 e. The highest BCUT2D eigenvalue weighted by atomic mass is 16.5. The summed E-state index contributed by atoms with van der Waals surface area (Å²) in [6.45, 7) is 12.2. The maximum Gasteiger partial charge on any atom is 0.213 e. The fourth-order valence-electron chi connectivity index (χ4n) is 3.34. The Morgan fingerprint density at radius 3 is 1.90 bits per heavy atom. The molecule has 0 amide bonds.